The molecule has 19 heavy (non-hydrogen) atoms. The normalized spacial score (nSPS) is 11.7. The van der Waals surface area contributed by atoms with E-state index < -0.39 is 15.8 Å². The van der Waals surface area contributed by atoms with Crippen LogP contribution in [0.5, 0.6) is 0 Å². The second kappa shape index (κ2) is 5.73. The molecule has 0 aliphatic carbocycles. The third-order valence-electron chi connectivity index (χ3n) is 2.49. The van der Waals surface area contributed by atoms with E-state index in [-0.39, 0.29) is 16.5 Å². The summed E-state index contributed by atoms with van der Waals surface area (Å²) in [6.07, 6.45) is 3.57. The predicted octanol–water partition coefficient (Wildman–Crippen LogP) is 2.59. The van der Waals surface area contributed by atoms with Crippen LogP contribution in [-0.4, -0.2) is 15.0 Å². The lowest BCUT2D eigenvalue weighted by Gasteiger charge is -2.06. The Bertz CT molecular complexity index is 656. The molecule has 0 atom stereocenters. The number of hydrogen-bond acceptors (Lipinski definition) is 3. The van der Waals surface area contributed by atoms with E-state index in [1.54, 1.807) is 12.3 Å². The molecule has 0 aliphatic rings. The van der Waals surface area contributed by atoms with Crippen molar-refractivity contribution in [3.63, 3.8) is 0 Å². The highest BCUT2D eigenvalue weighted by atomic mass is 35.5. The van der Waals surface area contributed by atoms with Gasteiger partial charge in [0.05, 0.1) is 22.4 Å². The number of sulfonamides is 1. The van der Waals surface area contributed by atoms with Crippen LogP contribution < -0.4 is 4.72 Å². The van der Waals surface area contributed by atoms with Crippen LogP contribution in [0.4, 0.5) is 4.39 Å². The summed E-state index contributed by atoms with van der Waals surface area (Å²) in [5, 5.41) is -0.224. The fourth-order valence-corrected chi connectivity index (χ4v) is 2.79. The Hall–Kier alpha value is -1.37. The average molecular weight is 304 g/mol. The molecule has 1 aromatic carbocycles. The molecule has 102 valence electrons. The zero-order chi connectivity index (χ0) is 13.9. The molecule has 0 saturated heterocycles. The maximum absolute atomic E-state index is 13.0. The van der Waals surface area contributed by atoms with Gasteiger partial charge in [-0.15, -0.1) is 0 Å². The van der Waals surface area contributed by atoms with Crippen LogP contribution in [-0.2, 0) is 16.4 Å². The molecule has 7 heteroatoms. The van der Waals surface area contributed by atoms with Gasteiger partial charge in [0, 0.05) is 6.54 Å². The van der Waals surface area contributed by atoms with Gasteiger partial charge in [0.15, 0.2) is 0 Å². The van der Waals surface area contributed by atoms with E-state index in [4.69, 9.17) is 16.0 Å². The van der Waals surface area contributed by atoms with E-state index in [0.717, 1.165) is 17.7 Å². The molecule has 0 fully saturated rings. The van der Waals surface area contributed by atoms with Crippen LogP contribution in [0.3, 0.4) is 0 Å². The van der Waals surface area contributed by atoms with E-state index in [0.29, 0.717) is 6.42 Å². The number of furan rings is 1. The van der Waals surface area contributed by atoms with Crippen molar-refractivity contribution in [3.8, 4) is 0 Å². The largest absolute Gasteiger partial charge is 0.472 e. The van der Waals surface area contributed by atoms with Gasteiger partial charge in [-0.05, 0) is 36.2 Å². The summed E-state index contributed by atoms with van der Waals surface area (Å²) in [6, 6.07) is 5.02. The third-order valence-corrected chi connectivity index (χ3v) is 4.24. The monoisotopic (exact) mass is 303 g/mol. The second-order valence-corrected chi connectivity index (χ2v) is 6.03. The minimum atomic E-state index is -3.68. The van der Waals surface area contributed by atoms with Crippen LogP contribution in [0.1, 0.15) is 5.56 Å². The summed E-state index contributed by atoms with van der Waals surface area (Å²) in [4.78, 5) is -0.0638. The molecule has 0 amide bonds. The summed E-state index contributed by atoms with van der Waals surface area (Å²) in [5.41, 5.74) is 0.889. The second-order valence-electron chi connectivity index (χ2n) is 3.86. The number of rotatable bonds is 5. The van der Waals surface area contributed by atoms with Crippen LogP contribution in [0.15, 0.2) is 46.1 Å². The van der Waals surface area contributed by atoms with Crippen molar-refractivity contribution in [1.82, 2.24) is 4.72 Å². The molecule has 2 rings (SSSR count). The fraction of sp³-hybridized carbons (Fsp3) is 0.167. The Morgan fingerprint density at radius 1 is 1.32 bits per heavy atom. The number of nitrogens with one attached hydrogen (secondary N) is 1. The first-order valence-electron chi connectivity index (χ1n) is 5.45. The Labute approximate surface area is 115 Å². The highest BCUT2D eigenvalue weighted by Gasteiger charge is 2.15. The summed E-state index contributed by atoms with van der Waals surface area (Å²) in [6.45, 7) is 0.219. The minimum absolute atomic E-state index is 0.0638. The number of hydrogen-bond donors (Lipinski definition) is 1. The van der Waals surface area contributed by atoms with E-state index >= 15 is 0 Å². The third kappa shape index (κ3) is 3.56. The van der Waals surface area contributed by atoms with E-state index in [1.165, 1.54) is 12.3 Å². The smallest absolute Gasteiger partial charge is 0.240 e. The molecule has 0 unspecified atom stereocenters. The molecule has 0 spiro atoms. The lowest BCUT2D eigenvalue weighted by molar-refractivity contribution is 0.562. The maximum Gasteiger partial charge on any atom is 0.240 e. The molecule has 0 aliphatic heterocycles. The first-order chi connectivity index (χ1) is 8.99. The lowest BCUT2D eigenvalue weighted by Crippen LogP contribution is -2.25. The summed E-state index contributed by atoms with van der Waals surface area (Å²) in [7, 11) is -3.68. The van der Waals surface area contributed by atoms with Gasteiger partial charge in [-0.3, -0.25) is 0 Å². The Morgan fingerprint density at radius 2 is 2.11 bits per heavy atom. The predicted molar refractivity (Wildman–Crippen MR) is 69.0 cm³/mol. The van der Waals surface area contributed by atoms with Crippen LogP contribution in [0, 0.1) is 5.82 Å². The summed E-state index contributed by atoms with van der Waals surface area (Å²) in [5.74, 6) is -0.654. The lowest BCUT2D eigenvalue weighted by atomic mass is 10.2. The van der Waals surface area contributed by atoms with Crippen molar-refractivity contribution in [2.45, 2.75) is 11.3 Å². The Balaban J connectivity index is 2.03. The molecule has 2 aromatic rings. The van der Waals surface area contributed by atoms with E-state index in [2.05, 4.69) is 4.72 Å². The quantitative estimate of drug-likeness (QED) is 0.923. The van der Waals surface area contributed by atoms with Gasteiger partial charge >= 0.3 is 0 Å². The molecule has 4 nitrogen and oxygen atoms in total. The molecule has 1 aromatic heterocycles. The molecular weight excluding hydrogens is 293 g/mol. The van der Waals surface area contributed by atoms with Crippen molar-refractivity contribution in [3.05, 3.63) is 53.2 Å². The zero-order valence-corrected chi connectivity index (χ0v) is 11.3. The van der Waals surface area contributed by atoms with Gasteiger partial charge in [0.1, 0.15) is 5.82 Å². The molecule has 0 saturated carbocycles. The molecule has 1 N–H and O–H groups in total. The van der Waals surface area contributed by atoms with Gasteiger partial charge in [-0.1, -0.05) is 11.6 Å². The maximum atomic E-state index is 13.0. The van der Waals surface area contributed by atoms with E-state index in [1.807, 2.05) is 0 Å². The molecular formula is C12H11ClFNO3S. The van der Waals surface area contributed by atoms with Gasteiger partial charge in [-0.2, -0.15) is 0 Å². The SMILES string of the molecule is O=S(=O)(NCCc1ccoc1)c1ccc(F)c(Cl)c1. The van der Waals surface area contributed by atoms with Crippen LogP contribution >= 0.6 is 11.6 Å². The van der Waals surface area contributed by atoms with E-state index in [9.17, 15) is 12.8 Å². The number of halogens is 2. The van der Waals surface area contributed by atoms with Gasteiger partial charge < -0.3 is 4.42 Å². The topological polar surface area (TPSA) is 59.3 Å². The van der Waals surface area contributed by atoms with Crippen molar-refractivity contribution in [1.29, 1.82) is 0 Å². The highest BCUT2D eigenvalue weighted by molar-refractivity contribution is 7.89. The fourth-order valence-electron chi connectivity index (χ4n) is 1.49. The molecule has 0 bridgehead atoms. The minimum Gasteiger partial charge on any atom is -0.472 e. The van der Waals surface area contributed by atoms with Crippen molar-refractivity contribution in [2.24, 2.45) is 0 Å². The Kier molecular flexibility index (Phi) is 4.24. The van der Waals surface area contributed by atoms with Gasteiger partial charge in [0.2, 0.25) is 10.0 Å². The van der Waals surface area contributed by atoms with Crippen molar-refractivity contribution < 1.29 is 17.2 Å². The molecule has 1 heterocycles. The standard InChI is InChI=1S/C12H11ClFNO3S/c13-11-7-10(1-2-12(11)14)19(16,17)15-5-3-9-4-6-18-8-9/h1-2,4,6-8,15H,3,5H2. The summed E-state index contributed by atoms with van der Waals surface area (Å²) >= 11 is 5.56. The number of benzene rings is 1. The van der Waals surface area contributed by atoms with Gasteiger partial charge in [-0.25, -0.2) is 17.5 Å². The zero-order valence-electron chi connectivity index (χ0n) is 9.77. The van der Waals surface area contributed by atoms with Crippen LogP contribution in [0.25, 0.3) is 0 Å². The summed E-state index contributed by atoms with van der Waals surface area (Å²) < 4.78 is 44.1. The Morgan fingerprint density at radius 3 is 2.74 bits per heavy atom. The van der Waals surface area contributed by atoms with Crippen molar-refractivity contribution >= 4 is 21.6 Å². The first-order valence-corrected chi connectivity index (χ1v) is 7.31. The van der Waals surface area contributed by atoms with Crippen LogP contribution in [0.2, 0.25) is 5.02 Å². The highest BCUT2D eigenvalue weighted by Crippen LogP contribution is 2.19. The first kappa shape index (κ1) is 14.0. The average Bonchev–Trinajstić information content (AvgIpc) is 2.85. The van der Waals surface area contributed by atoms with Gasteiger partial charge in [0.25, 0.3) is 0 Å². The molecule has 0 radical (unpaired) electrons. The van der Waals surface area contributed by atoms with Crippen molar-refractivity contribution in [2.75, 3.05) is 6.54 Å².